The van der Waals surface area contributed by atoms with Crippen LogP contribution in [0, 0.1) is 5.82 Å². The highest BCUT2D eigenvalue weighted by Gasteiger charge is 2.21. The second-order valence-electron chi connectivity index (χ2n) is 6.70. The summed E-state index contributed by atoms with van der Waals surface area (Å²) in [5, 5.41) is 11.8. The summed E-state index contributed by atoms with van der Waals surface area (Å²) in [6.07, 6.45) is 4.36. The van der Waals surface area contributed by atoms with Crippen LogP contribution >= 0.6 is 0 Å². The second-order valence-corrected chi connectivity index (χ2v) is 6.70. The van der Waals surface area contributed by atoms with Gasteiger partial charge in [0.1, 0.15) is 11.6 Å². The van der Waals surface area contributed by atoms with E-state index < -0.39 is 23.7 Å². The van der Waals surface area contributed by atoms with E-state index in [0.29, 0.717) is 5.56 Å². The van der Waals surface area contributed by atoms with Crippen molar-refractivity contribution >= 4 is 11.9 Å². The Bertz CT molecular complexity index is 800. The van der Waals surface area contributed by atoms with Crippen LogP contribution in [0.4, 0.5) is 4.39 Å². The van der Waals surface area contributed by atoms with Crippen molar-refractivity contribution in [2.24, 2.45) is 0 Å². The highest BCUT2D eigenvalue weighted by molar-refractivity contribution is 5.94. The van der Waals surface area contributed by atoms with E-state index in [9.17, 15) is 19.1 Å². The van der Waals surface area contributed by atoms with Crippen molar-refractivity contribution in [1.82, 2.24) is 5.32 Å². The van der Waals surface area contributed by atoms with E-state index >= 15 is 0 Å². The van der Waals surface area contributed by atoms with Crippen LogP contribution in [0.5, 0.6) is 5.75 Å². The predicted molar refractivity (Wildman–Crippen MR) is 98.2 cm³/mol. The number of ether oxygens (including phenoxy) is 1. The molecule has 6 heteroatoms. The minimum absolute atomic E-state index is 0.117. The largest absolute Gasteiger partial charge is 0.490 e. The quantitative estimate of drug-likeness (QED) is 0.769. The number of hydrogen-bond acceptors (Lipinski definition) is 3. The van der Waals surface area contributed by atoms with Crippen molar-refractivity contribution in [3.63, 3.8) is 0 Å². The zero-order valence-corrected chi connectivity index (χ0v) is 14.9. The van der Waals surface area contributed by atoms with Crippen molar-refractivity contribution in [3.8, 4) is 5.75 Å². The maximum Gasteiger partial charge on any atom is 0.305 e. The molecule has 5 nitrogen and oxygen atoms in total. The van der Waals surface area contributed by atoms with Gasteiger partial charge >= 0.3 is 5.97 Å². The van der Waals surface area contributed by atoms with Crippen molar-refractivity contribution < 1.29 is 23.8 Å². The smallest absolute Gasteiger partial charge is 0.305 e. The number of hydrogen-bond donors (Lipinski definition) is 2. The molecule has 0 saturated heterocycles. The Labute approximate surface area is 157 Å². The second kappa shape index (κ2) is 8.66. The van der Waals surface area contributed by atoms with Crippen LogP contribution in [0.2, 0.25) is 0 Å². The van der Waals surface area contributed by atoms with Gasteiger partial charge in [0.05, 0.1) is 24.1 Å². The molecule has 3 rings (SSSR count). The van der Waals surface area contributed by atoms with E-state index in [1.165, 1.54) is 31.0 Å². The van der Waals surface area contributed by atoms with Gasteiger partial charge in [0.2, 0.25) is 0 Å². The molecule has 1 aliphatic rings. The van der Waals surface area contributed by atoms with E-state index in [1.807, 2.05) is 0 Å². The van der Waals surface area contributed by atoms with Gasteiger partial charge in [-0.15, -0.1) is 0 Å². The number of nitrogens with one attached hydrogen (secondary N) is 1. The topological polar surface area (TPSA) is 75.6 Å². The molecule has 2 N–H and O–H groups in total. The zero-order chi connectivity index (χ0) is 19.2. The molecule has 1 fully saturated rings. The van der Waals surface area contributed by atoms with E-state index in [1.54, 1.807) is 30.3 Å². The van der Waals surface area contributed by atoms with E-state index in [2.05, 4.69) is 5.32 Å². The lowest BCUT2D eigenvalue weighted by molar-refractivity contribution is -0.137. The lowest BCUT2D eigenvalue weighted by Gasteiger charge is -2.19. The molecule has 0 spiro atoms. The Morgan fingerprint density at radius 2 is 1.78 bits per heavy atom. The molecule has 0 aromatic heterocycles. The highest BCUT2D eigenvalue weighted by atomic mass is 19.1. The molecule has 0 unspecified atom stereocenters. The molecule has 1 amide bonds. The molecule has 0 heterocycles. The Morgan fingerprint density at radius 3 is 2.41 bits per heavy atom. The SMILES string of the molecule is O=C(O)C[C@@H](NC(=O)c1ccccc1F)c1ccc(OC2CCCC2)cc1. The van der Waals surface area contributed by atoms with Gasteiger partial charge in [0, 0.05) is 0 Å². The average Bonchev–Trinajstić information content (AvgIpc) is 3.15. The lowest BCUT2D eigenvalue weighted by Crippen LogP contribution is -2.30. The molecule has 1 atom stereocenters. The van der Waals surface area contributed by atoms with E-state index in [-0.39, 0.29) is 18.1 Å². The van der Waals surface area contributed by atoms with Crippen molar-refractivity contribution in [2.45, 2.75) is 44.2 Å². The number of halogens is 1. The Morgan fingerprint density at radius 1 is 1.11 bits per heavy atom. The molecule has 27 heavy (non-hydrogen) atoms. The molecule has 0 bridgehead atoms. The molecule has 142 valence electrons. The summed E-state index contributed by atoms with van der Waals surface area (Å²) < 4.78 is 19.7. The molecule has 1 saturated carbocycles. The number of aliphatic carboxylic acids is 1. The first-order valence-corrected chi connectivity index (χ1v) is 9.07. The van der Waals surface area contributed by atoms with E-state index in [4.69, 9.17) is 4.74 Å². The normalized spacial score (nSPS) is 15.3. The van der Waals surface area contributed by atoms with Gasteiger partial charge in [-0.25, -0.2) is 4.39 Å². The van der Waals surface area contributed by atoms with Gasteiger partial charge in [-0.1, -0.05) is 24.3 Å². The molecule has 0 radical (unpaired) electrons. The van der Waals surface area contributed by atoms with Gasteiger partial charge in [0.25, 0.3) is 5.91 Å². The number of amides is 1. The van der Waals surface area contributed by atoms with Gasteiger partial charge in [0.15, 0.2) is 0 Å². The Balaban J connectivity index is 1.72. The zero-order valence-electron chi connectivity index (χ0n) is 14.9. The van der Waals surface area contributed by atoms with Crippen LogP contribution in [-0.4, -0.2) is 23.1 Å². The summed E-state index contributed by atoms with van der Waals surface area (Å²) in [7, 11) is 0. The monoisotopic (exact) mass is 371 g/mol. The fourth-order valence-electron chi connectivity index (χ4n) is 3.29. The van der Waals surface area contributed by atoms with Gasteiger partial charge in [-0.05, 0) is 55.5 Å². The molecular weight excluding hydrogens is 349 g/mol. The third-order valence-electron chi connectivity index (χ3n) is 4.69. The lowest BCUT2D eigenvalue weighted by atomic mass is 10.0. The number of carbonyl (C=O) groups excluding carboxylic acids is 1. The van der Waals surface area contributed by atoms with Crippen LogP contribution in [0.3, 0.4) is 0 Å². The van der Waals surface area contributed by atoms with Gasteiger partial charge in [-0.2, -0.15) is 0 Å². The average molecular weight is 371 g/mol. The number of carboxylic acids is 1. The molecule has 2 aromatic carbocycles. The summed E-state index contributed by atoms with van der Waals surface area (Å²) >= 11 is 0. The fourth-order valence-corrected chi connectivity index (χ4v) is 3.29. The Kier molecular flexibility index (Phi) is 6.06. The minimum atomic E-state index is -1.06. The third-order valence-corrected chi connectivity index (χ3v) is 4.69. The van der Waals surface area contributed by atoms with Crippen molar-refractivity contribution in [1.29, 1.82) is 0 Å². The van der Waals surface area contributed by atoms with Crippen LogP contribution in [0.15, 0.2) is 48.5 Å². The van der Waals surface area contributed by atoms with Crippen LogP contribution < -0.4 is 10.1 Å². The molecule has 2 aromatic rings. The fraction of sp³-hybridized carbons (Fsp3) is 0.333. The Hall–Kier alpha value is -2.89. The van der Waals surface area contributed by atoms with Gasteiger partial charge in [-0.3, -0.25) is 9.59 Å². The number of carbonyl (C=O) groups is 2. The van der Waals surface area contributed by atoms with E-state index in [0.717, 1.165) is 18.6 Å². The van der Waals surface area contributed by atoms with Crippen LogP contribution in [0.25, 0.3) is 0 Å². The molecule has 1 aliphatic carbocycles. The maximum atomic E-state index is 13.8. The highest BCUT2D eigenvalue weighted by Crippen LogP contribution is 2.26. The van der Waals surface area contributed by atoms with Crippen molar-refractivity contribution in [3.05, 3.63) is 65.5 Å². The summed E-state index contributed by atoms with van der Waals surface area (Å²) in [5.41, 5.74) is 0.509. The summed E-state index contributed by atoms with van der Waals surface area (Å²) in [6, 6.07) is 11.9. The van der Waals surface area contributed by atoms with Crippen LogP contribution in [-0.2, 0) is 4.79 Å². The van der Waals surface area contributed by atoms with Crippen molar-refractivity contribution in [2.75, 3.05) is 0 Å². The first-order valence-electron chi connectivity index (χ1n) is 9.07. The number of benzene rings is 2. The summed E-state index contributed by atoms with van der Waals surface area (Å²) in [4.78, 5) is 23.6. The maximum absolute atomic E-state index is 13.8. The minimum Gasteiger partial charge on any atom is -0.490 e. The summed E-state index contributed by atoms with van der Waals surface area (Å²) in [5.74, 6) is -1.63. The standard InChI is InChI=1S/C21H22FNO4/c22-18-8-4-3-7-17(18)21(26)23-19(13-20(24)25)14-9-11-16(12-10-14)27-15-5-1-2-6-15/h3-4,7-12,15,19H,1-2,5-6,13H2,(H,23,26)(H,24,25)/t19-/m1/s1. The first-order chi connectivity index (χ1) is 13.0. The van der Waals surface area contributed by atoms with Crippen LogP contribution in [0.1, 0.15) is 54.1 Å². The molecule has 0 aliphatic heterocycles. The first kappa shape index (κ1) is 18.9. The third kappa shape index (κ3) is 5.06. The van der Waals surface area contributed by atoms with Gasteiger partial charge < -0.3 is 15.2 Å². The number of rotatable bonds is 7. The number of carboxylic acid groups (broad SMARTS) is 1. The predicted octanol–water partition coefficient (Wildman–Crippen LogP) is 4.09. The summed E-state index contributed by atoms with van der Waals surface area (Å²) in [6.45, 7) is 0. The molecular formula is C21H22FNO4.